The molecule has 2 aliphatic rings. The molecular weight excluding hydrogens is 418 g/mol. The molecule has 0 radical (unpaired) electrons. The number of unbranched alkanes of at least 4 members (excludes halogenated alkanes) is 1. The standard InChI is InChI=1S/C22H33N3O5S/c1-3-4-6-17-7-5-8-20(17)23-22(26)18-11-13-24(14-12-18)31(29,30)21-15-19(25(27)28)10-9-16(21)2/h9-10,15,17-18,20H,3-8,11-14H2,1-2H3,(H,23,26). The van der Waals surface area contributed by atoms with Gasteiger partial charge >= 0.3 is 0 Å². The number of hydrogen-bond acceptors (Lipinski definition) is 5. The minimum absolute atomic E-state index is 0.0330. The molecule has 0 aromatic heterocycles. The summed E-state index contributed by atoms with van der Waals surface area (Å²) in [6.07, 6.45) is 7.78. The number of sulfonamides is 1. The van der Waals surface area contributed by atoms with Crippen molar-refractivity contribution in [1.82, 2.24) is 9.62 Å². The van der Waals surface area contributed by atoms with Gasteiger partial charge in [0.2, 0.25) is 15.9 Å². The van der Waals surface area contributed by atoms with Gasteiger partial charge in [0.1, 0.15) is 0 Å². The van der Waals surface area contributed by atoms with E-state index in [9.17, 15) is 23.3 Å². The second-order valence-electron chi connectivity index (χ2n) is 8.83. The molecule has 9 heteroatoms. The summed E-state index contributed by atoms with van der Waals surface area (Å²) in [5, 5.41) is 14.3. The third-order valence-corrected chi connectivity index (χ3v) is 8.78. The zero-order valence-corrected chi connectivity index (χ0v) is 19.2. The molecule has 31 heavy (non-hydrogen) atoms. The van der Waals surface area contributed by atoms with E-state index < -0.39 is 14.9 Å². The highest BCUT2D eigenvalue weighted by atomic mass is 32.2. The van der Waals surface area contributed by atoms with Crippen LogP contribution in [0.3, 0.4) is 0 Å². The SMILES string of the molecule is CCCCC1CCCC1NC(=O)C1CCN(S(=O)(=O)c2cc([N+](=O)[O-])ccc2C)CC1. The Morgan fingerprint density at radius 3 is 2.58 bits per heavy atom. The van der Waals surface area contributed by atoms with E-state index in [0.29, 0.717) is 24.3 Å². The van der Waals surface area contributed by atoms with Gasteiger partial charge in [0, 0.05) is 37.2 Å². The first-order valence-electron chi connectivity index (χ1n) is 11.3. The van der Waals surface area contributed by atoms with E-state index in [2.05, 4.69) is 12.2 Å². The summed E-state index contributed by atoms with van der Waals surface area (Å²) in [4.78, 5) is 23.3. The lowest BCUT2D eigenvalue weighted by Gasteiger charge is -2.32. The maximum Gasteiger partial charge on any atom is 0.270 e. The van der Waals surface area contributed by atoms with Crippen LogP contribution in [0, 0.1) is 28.9 Å². The van der Waals surface area contributed by atoms with E-state index in [1.807, 2.05) is 0 Å². The third kappa shape index (κ3) is 5.44. The minimum atomic E-state index is -3.84. The fourth-order valence-electron chi connectivity index (χ4n) is 4.82. The van der Waals surface area contributed by atoms with Gasteiger partial charge in [-0.15, -0.1) is 0 Å². The van der Waals surface area contributed by atoms with Gasteiger partial charge in [0.05, 0.1) is 9.82 Å². The number of amides is 1. The van der Waals surface area contributed by atoms with E-state index in [1.165, 1.54) is 29.3 Å². The van der Waals surface area contributed by atoms with E-state index in [-0.39, 0.29) is 41.5 Å². The molecule has 1 heterocycles. The summed E-state index contributed by atoms with van der Waals surface area (Å²) >= 11 is 0. The molecule has 1 aliphatic carbocycles. The highest BCUT2D eigenvalue weighted by molar-refractivity contribution is 7.89. The summed E-state index contributed by atoms with van der Waals surface area (Å²) in [6, 6.07) is 4.14. The molecule has 172 valence electrons. The van der Waals surface area contributed by atoms with Gasteiger partial charge < -0.3 is 5.32 Å². The predicted molar refractivity (Wildman–Crippen MR) is 118 cm³/mol. The molecular formula is C22H33N3O5S. The van der Waals surface area contributed by atoms with Crippen LogP contribution in [0.15, 0.2) is 23.1 Å². The number of nitrogens with zero attached hydrogens (tertiary/aromatic N) is 2. The van der Waals surface area contributed by atoms with E-state index >= 15 is 0 Å². The van der Waals surface area contributed by atoms with Crippen molar-refractivity contribution in [2.75, 3.05) is 13.1 Å². The van der Waals surface area contributed by atoms with Gasteiger partial charge in [0.25, 0.3) is 5.69 Å². The fourth-order valence-corrected chi connectivity index (χ4v) is 6.53. The van der Waals surface area contributed by atoms with Gasteiger partial charge in [-0.1, -0.05) is 32.3 Å². The van der Waals surface area contributed by atoms with Crippen molar-refractivity contribution in [1.29, 1.82) is 0 Å². The number of nitrogens with one attached hydrogen (secondary N) is 1. The van der Waals surface area contributed by atoms with E-state index in [1.54, 1.807) is 6.92 Å². The number of carbonyl (C=O) groups excluding carboxylic acids is 1. The van der Waals surface area contributed by atoms with Gasteiger partial charge in [-0.05, 0) is 50.5 Å². The van der Waals surface area contributed by atoms with Crippen molar-refractivity contribution in [2.45, 2.75) is 76.2 Å². The number of benzene rings is 1. The number of rotatable bonds is 8. The second-order valence-corrected chi connectivity index (χ2v) is 10.7. The number of carbonyl (C=O) groups is 1. The Morgan fingerprint density at radius 2 is 1.94 bits per heavy atom. The average molecular weight is 452 g/mol. The van der Waals surface area contributed by atoms with Gasteiger partial charge in [-0.25, -0.2) is 8.42 Å². The number of hydrogen-bond donors (Lipinski definition) is 1. The zero-order valence-electron chi connectivity index (χ0n) is 18.4. The van der Waals surface area contributed by atoms with Crippen LogP contribution >= 0.6 is 0 Å². The van der Waals surface area contributed by atoms with Crippen LogP contribution in [-0.4, -0.2) is 42.7 Å². The fraction of sp³-hybridized carbons (Fsp3) is 0.682. The number of nitro groups is 1. The lowest BCUT2D eigenvalue weighted by molar-refractivity contribution is -0.385. The Labute approximate surface area is 184 Å². The topological polar surface area (TPSA) is 110 Å². The predicted octanol–water partition coefficient (Wildman–Crippen LogP) is 3.78. The molecule has 2 unspecified atom stereocenters. The van der Waals surface area contributed by atoms with E-state index in [0.717, 1.165) is 31.7 Å². The molecule has 1 N–H and O–H groups in total. The lowest BCUT2D eigenvalue weighted by Crippen LogP contribution is -2.46. The molecule has 3 rings (SSSR count). The Morgan fingerprint density at radius 1 is 1.23 bits per heavy atom. The molecule has 1 saturated carbocycles. The number of aryl methyl sites for hydroxylation is 1. The molecule has 8 nitrogen and oxygen atoms in total. The summed E-state index contributed by atoms with van der Waals surface area (Å²) in [5.41, 5.74) is 0.234. The van der Waals surface area contributed by atoms with Crippen molar-refractivity contribution in [3.63, 3.8) is 0 Å². The lowest BCUT2D eigenvalue weighted by atomic mass is 9.94. The van der Waals surface area contributed by atoms with Gasteiger partial charge in [0.15, 0.2) is 0 Å². The van der Waals surface area contributed by atoms with Crippen molar-refractivity contribution < 1.29 is 18.1 Å². The molecule has 1 aromatic rings. The van der Waals surface area contributed by atoms with Crippen molar-refractivity contribution in [2.24, 2.45) is 11.8 Å². The first-order chi connectivity index (χ1) is 14.7. The molecule has 1 aliphatic heterocycles. The van der Waals surface area contributed by atoms with Crippen LogP contribution in [0.4, 0.5) is 5.69 Å². The average Bonchev–Trinajstić information content (AvgIpc) is 3.19. The largest absolute Gasteiger partial charge is 0.353 e. The Balaban J connectivity index is 1.60. The van der Waals surface area contributed by atoms with Gasteiger partial charge in [-0.3, -0.25) is 14.9 Å². The van der Waals surface area contributed by atoms with Crippen molar-refractivity contribution >= 4 is 21.6 Å². The molecule has 1 saturated heterocycles. The molecule has 1 aromatic carbocycles. The summed E-state index contributed by atoms with van der Waals surface area (Å²) in [6.45, 7) is 4.30. The summed E-state index contributed by atoms with van der Waals surface area (Å²) < 4.78 is 27.5. The first kappa shape index (κ1) is 23.7. The number of non-ortho nitro benzene ring substituents is 1. The van der Waals surface area contributed by atoms with Crippen LogP contribution in [0.25, 0.3) is 0 Å². The molecule has 1 amide bonds. The number of piperidine rings is 1. The highest BCUT2D eigenvalue weighted by Gasteiger charge is 2.35. The molecule has 2 fully saturated rings. The normalized spacial score (nSPS) is 23.0. The monoisotopic (exact) mass is 451 g/mol. The Hall–Kier alpha value is -2.00. The summed E-state index contributed by atoms with van der Waals surface area (Å²) in [7, 11) is -3.84. The second kappa shape index (κ2) is 10.1. The summed E-state index contributed by atoms with van der Waals surface area (Å²) in [5.74, 6) is 0.406. The van der Waals surface area contributed by atoms with E-state index in [4.69, 9.17) is 0 Å². The van der Waals surface area contributed by atoms with Crippen LogP contribution in [-0.2, 0) is 14.8 Å². The number of nitro benzene ring substituents is 1. The van der Waals surface area contributed by atoms with Crippen LogP contribution in [0.2, 0.25) is 0 Å². The van der Waals surface area contributed by atoms with Crippen molar-refractivity contribution in [3.8, 4) is 0 Å². The van der Waals surface area contributed by atoms with Crippen LogP contribution in [0.1, 0.15) is 63.9 Å². The molecule has 0 spiro atoms. The molecule has 2 atom stereocenters. The Bertz CT molecular complexity index is 910. The maximum atomic E-state index is 13.1. The zero-order chi connectivity index (χ0) is 22.6. The molecule has 0 bridgehead atoms. The third-order valence-electron chi connectivity index (χ3n) is 6.74. The Kier molecular flexibility index (Phi) is 7.69. The van der Waals surface area contributed by atoms with Crippen LogP contribution < -0.4 is 5.32 Å². The maximum absolute atomic E-state index is 13.1. The quantitative estimate of drug-likeness (QED) is 0.478. The highest BCUT2D eigenvalue weighted by Crippen LogP contribution is 2.32. The van der Waals surface area contributed by atoms with Gasteiger partial charge in [-0.2, -0.15) is 4.31 Å². The minimum Gasteiger partial charge on any atom is -0.353 e. The van der Waals surface area contributed by atoms with Crippen LogP contribution in [0.5, 0.6) is 0 Å². The smallest absolute Gasteiger partial charge is 0.270 e. The van der Waals surface area contributed by atoms with Crippen molar-refractivity contribution in [3.05, 3.63) is 33.9 Å². The first-order valence-corrected chi connectivity index (χ1v) is 12.7.